The number of sulfone groups is 1. The molecule has 0 saturated carbocycles. The second-order valence-electron chi connectivity index (χ2n) is 10.5. The lowest BCUT2D eigenvalue weighted by Gasteiger charge is -2.47. The summed E-state index contributed by atoms with van der Waals surface area (Å²) in [5.41, 5.74) is -0.827. The Bertz CT molecular complexity index is 1380. The molecule has 2 aromatic rings. The Hall–Kier alpha value is -3.18. The number of rotatable bonds is 2. The van der Waals surface area contributed by atoms with E-state index in [4.69, 9.17) is 21.1 Å². The molecule has 2 N–H and O–H groups in total. The first kappa shape index (κ1) is 26.9. The maximum Gasteiger partial charge on any atom is 0.435 e. The summed E-state index contributed by atoms with van der Waals surface area (Å²) < 4.78 is 36.7. The van der Waals surface area contributed by atoms with Crippen molar-refractivity contribution in [2.24, 2.45) is 4.99 Å². The van der Waals surface area contributed by atoms with Gasteiger partial charge in [-0.15, -0.1) is 0 Å². The second kappa shape index (κ2) is 9.29. The van der Waals surface area contributed by atoms with Crippen LogP contribution in [0.4, 0.5) is 10.5 Å². The standard InChI is InChI=1S/C25H29ClN4O6S/c1-23(2,3)36-22(32)29-21-24(4,5)37(33,34)14-25(30-21)10-11-35-19-9-7-16(12-17(19)25)28-20(31)18-8-6-15(26)13-27-18/h6-9,12-13H,10-11,14H2,1-5H3,(H,28,31)(H,29,30,32)/t25-/m0/s1. The van der Waals surface area contributed by atoms with E-state index in [9.17, 15) is 18.0 Å². The molecule has 10 nitrogen and oxygen atoms in total. The first-order valence-electron chi connectivity index (χ1n) is 11.6. The molecular formula is C25H29ClN4O6S. The Labute approximate surface area is 220 Å². The fraction of sp³-hybridized carbons (Fsp3) is 0.440. The number of ether oxygens (including phenoxy) is 2. The van der Waals surface area contributed by atoms with Crippen molar-refractivity contribution in [3.8, 4) is 5.75 Å². The van der Waals surface area contributed by atoms with Gasteiger partial charge in [0.05, 0.1) is 22.9 Å². The van der Waals surface area contributed by atoms with Gasteiger partial charge < -0.3 is 20.1 Å². The highest BCUT2D eigenvalue weighted by Crippen LogP contribution is 2.44. The van der Waals surface area contributed by atoms with Gasteiger partial charge in [0.1, 0.15) is 27.6 Å². The quantitative estimate of drug-likeness (QED) is 0.572. The monoisotopic (exact) mass is 548 g/mol. The molecule has 1 saturated heterocycles. The van der Waals surface area contributed by atoms with E-state index in [1.54, 1.807) is 45.0 Å². The lowest BCUT2D eigenvalue weighted by atomic mass is 9.84. The molecule has 2 amide bonds. The second-order valence-corrected chi connectivity index (χ2v) is 13.5. The number of amides is 2. The summed E-state index contributed by atoms with van der Waals surface area (Å²) >= 11 is 5.85. The highest BCUT2D eigenvalue weighted by atomic mass is 35.5. The van der Waals surface area contributed by atoms with Gasteiger partial charge in [-0.05, 0) is 65.0 Å². The van der Waals surface area contributed by atoms with E-state index < -0.39 is 37.7 Å². The molecule has 0 unspecified atom stereocenters. The first-order valence-corrected chi connectivity index (χ1v) is 13.7. The van der Waals surface area contributed by atoms with Crippen LogP contribution in [-0.2, 0) is 20.1 Å². The van der Waals surface area contributed by atoms with Crippen molar-refractivity contribution in [2.45, 2.75) is 56.9 Å². The van der Waals surface area contributed by atoms with Crippen LogP contribution in [0.2, 0.25) is 5.02 Å². The maximum absolute atomic E-state index is 13.5. The van der Waals surface area contributed by atoms with E-state index in [0.717, 1.165) is 0 Å². The topological polar surface area (TPSA) is 136 Å². The van der Waals surface area contributed by atoms with Crippen LogP contribution in [0, 0.1) is 0 Å². The van der Waals surface area contributed by atoms with Crippen LogP contribution in [0.15, 0.2) is 41.5 Å². The molecule has 1 fully saturated rings. The van der Waals surface area contributed by atoms with Crippen LogP contribution in [0.1, 0.15) is 57.1 Å². The van der Waals surface area contributed by atoms with Gasteiger partial charge in [-0.25, -0.2) is 18.2 Å². The molecule has 2 aliphatic heterocycles. The number of amidine groups is 1. The summed E-state index contributed by atoms with van der Waals surface area (Å²) in [7, 11) is -3.80. The number of pyridine rings is 1. The normalized spacial score (nSPS) is 22.9. The molecule has 12 heteroatoms. The van der Waals surface area contributed by atoms with Gasteiger partial charge in [0, 0.05) is 23.9 Å². The molecule has 0 aliphatic carbocycles. The van der Waals surface area contributed by atoms with Crippen molar-refractivity contribution < 1.29 is 27.5 Å². The van der Waals surface area contributed by atoms with E-state index in [0.29, 0.717) is 28.4 Å². The number of benzene rings is 1. The highest BCUT2D eigenvalue weighted by molar-refractivity contribution is 7.93. The average molecular weight is 549 g/mol. The Kier molecular flexibility index (Phi) is 6.74. The molecular weight excluding hydrogens is 520 g/mol. The minimum Gasteiger partial charge on any atom is -0.493 e. The van der Waals surface area contributed by atoms with Crippen LogP contribution in [0.3, 0.4) is 0 Å². The van der Waals surface area contributed by atoms with E-state index in [2.05, 4.69) is 20.6 Å². The third-order valence-corrected chi connectivity index (χ3v) is 9.08. The Morgan fingerprint density at radius 2 is 1.95 bits per heavy atom. The minimum absolute atomic E-state index is 0.0133. The van der Waals surface area contributed by atoms with Gasteiger partial charge >= 0.3 is 6.09 Å². The van der Waals surface area contributed by atoms with Crippen LogP contribution in [0.25, 0.3) is 0 Å². The number of carbonyl (C=O) groups is 2. The van der Waals surface area contributed by atoms with Gasteiger partial charge in [0.25, 0.3) is 5.91 Å². The van der Waals surface area contributed by atoms with Gasteiger partial charge in [-0.1, -0.05) is 11.6 Å². The Balaban J connectivity index is 1.72. The fourth-order valence-electron chi connectivity index (χ4n) is 4.17. The molecule has 1 aromatic heterocycles. The van der Waals surface area contributed by atoms with E-state index in [-0.39, 0.29) is 23.9 Å². The number of anilines is 1. The third kappa shape index (κ3) is 5.42. The molecule has 198 valence electrons. The molecule has 37 heavy (non-hydrogen) atoms. The van der Waals surface area contributed by atoms with Crippen molar-refractivity contribution in [1.29, 1.82) is 0 Å². The van der Waals surface area contributed by atoms with Crippen molar-refractivity contribution in [2.75, 3.05) is 17.7 Å². The number of fused-ring (bicyclic) bond motifs is 2. The minimum atomic E-state index is -3.80. The maximum atomic E-state index is 13.5. The number of nitrogens with zero attached hydrogens (tertiary/aromatic N) is 2. The Morgan fingerprint density at radius 3 is 2.59 bits per heavy atom. The fourth-order valence-corrected chi connectivity index (χ4v) is 6.05. The highest BCUT2D eigenvalue weighted by Gasteiger charge is 2.55. The zero-order chi connectivity index (χ0) is 27.2. The summed E-state index contributed by atoms with van der Waals surface area (Å²) in [6.45, 7) is 8.35. The molecule has 1 aromatic carbocycles. The van der Waals surface area contributed by atoms with Crippen molar-refractivity contribution in [3.63, 3.8) is 0 Å². The summed E-state index contributed by atoms with van der Waals surface area (Å²) in [5, 5.41) is 6.43. The third-order valence-electron chi connectivity index (χ3n) is 6.24. The molecule has 0 bridgehead atoms. The Morgan fingerprint density at radius 1 is 1.22 bits per heavy atom. The lowest BCUT2D eigenvalue weighted by Crippen LogP contribution is -2.66. The number of carbonyl (C=O) groups excluding carboxylic acids is 2. The SMILES string of the molecule is CC(C)(C)OC(=O)/N=C1\N[C@@]2(CCOc3ccc(NC(=O)c4ccc(Cl)cn4)cc32)CS(=O)(=O)C1(C)C. The van der Waals surface area contributed by atoms with E-state index in [1.807, 2.05) is 0 Å². The average Bonchev–Trinajstić information content (AvgIpc) is 2.77. The lowest BCUT2D eigenvalue weighted by molar-refractivity contribution is 0.0602. The predicted molar refractivity (Wildman–Crippen MR) is 140 cm³/mol. The summed E-state index contributed by atoms with van der Waals surface area (Å²) in [6.07, 6.45) is 0.772. The number of aromatic nitrogens is 1. The molecule has 1 atom stereocenters. The molecule has 4 rings (SSSR count). The van der Waals surface area contributed by atoms with Crippen molar-refractivity contribution in [3.05, 3.63) is 52.8 Å². The summed E-state index contributed by atoms with van der Waals surface area (Å²) in [4.78, 5) is 33.3. The van der Waals surface area contributed by atoms with Crippen LogP contribution in [0.5, 0.6) is 5.75 Å². The van der Waals surface area contributed by atoms with Gasteiger partial charge in [-0.3, -0.25) is 4.79 Å². The molecule has 0 radical (unpaired) electrons. The van der Waals surface area contributed by atoms with Crippen molar-refractivity contribution >= 4 is 45.0 Å². The number of halogens is 1. The smallest absolute Gasteiger partial charge is 0.435 e. The number of hydrogen-bond donors (Lipinski definition) is 2. The predicted octanol–water partition coefficient (Wildman–Crippen LogP) is 4.10. The molecule has 2 aliphatic rings. The number of aliphatic imine (C=N–C) groups is 1. The summed E-state index contributed by atoms with van der Waals surface area (Å²) in [6, 6.07) is 8.04. The van der Waals surface area contributed by atoms with Crippen molar-refractivity contribution in [1.82, 2.24) is 10.3 Å². The molecule has 3 heterocycles. The largest absolute Gasteiger partial charge is 0.493 e. The van der Waals surface area contributed by atoms with Crippen LogP contribution in [-0.4, -0.2) is 53.9 Å². The number of nitrogens with one attached hydrogen (secondary N) is 2. The van der Waals surface area contributed by atoms with Gasteiger partial charge in [0.15, 0.2) is 9.84 Å². The van der Waals surface area contributed by atoms with E-state index >= 15 is 0 Å². The zero-order valence-electron chi connectivity index (χ0n) is 21.2. The zero-order valence-corrected chi connectivity index (χ0v) is 22.8. The van der Waals surface area contributed by atoms with Crippen LogP contribution < -0.4 is 15.4 Å². The number of hydrogen-bond acceptors (Lipinski definition) is 7. The van der Waals surface area contributed by atoms with Gasteiger partial charge in [-0.2, -0.15) is 4.99 Å². The van der Waals surface area contributed by atoms with Crippen LogP contribution >= 0.6 is 11.6 Å². The van der Waals surface area contributed by atoms with Gasteiger partial charge in [0.2, 0.25) is 0 Å². The summed E-state index contributed by atoms with van der Waals surface area (Å²) in [5.74, 6) is -0.263. The molecule has 1 spiro atoms. The van der Waals surface area contributed by atoms with E-state index in [1.165, 1.54) is 26.1 Å². The first-order chi connectivity index (χ1) is 17.1.